The average molecular weight is 433 g/mol. The molecule has 0 saturated heterocycles. The van der Waals surface area contributed by atoms with Gasteiger partial charge in [0.05, 0.1) is 17.8 Å². The molecule has 0 heterocycles. The van der Waals surface area contributed by atoms with Gasteiger partial charge >= 0.3 is 5.97 Å². The van der Waals surface area contributed by atoms with Crippen LogP contribution in [0.15, 0.2) is 34.9 Å². The van der Waals surface area contributed by atoms with E-state index < -0.39 is 17.8 Å². The Hall–Kier alpha value is -1.43. The summed E-state index contributed by atoms with van der Waals surface area (Å²) >= 11 is 0. The molecule has 3 aliphatic carbocycles. The number of aliphatic hydroxyl groups excluding tert-OH is 2. The molecule has 3 aliphatic rings. The van der Waals surface area contributed by atoms with Crippen molar-refractivity contribution in [3.05, 3.63) is 34.9 Å². The molecule has 0 amide bonds. The smallest absolute Gasteiger partial charge is 0.306 e. The van der Waals surface area contributed by atoms with E-state index in [1.54, 1.807) is 13.8 Å². The second-order valence-corrected chi connectivity index (χ2v) is 10.7. The van der Waals surface area contributed by atoms with Gasteiger partial charge in [-0.05, 0) is 89.0 Å². The van der Waals surface area contributed by atoms with E-state index in [2.05, 4.69) is 25.2 Å². The standard InChI is InChI=1S/C26H40O5/c1-17(31-24(29)11-13-25(2,3)30)22-9-10-23-19(6-5-12-26(22,23)4)8-7-18-14-20(27)16-21(28)15-18/h7-9,17,20-21,23,27-28,30H,5-6,10-16H2,1-4H3/b18-7?,19-8+/t17-,20-,21+,23-,26+/m0/s1. The number of rotatable bonds is 6. The number of fused-ring (bicyclic) bond motifs is 1. The molecule has 3 rings (SSSR count). The molecule has 0 bridgehead atoms. The molecule has 0 aromatic rings. The molecule has 0 aromatic carbocycles. The van der Waals surface area contributed by atoms with Crippen molar-refractivity contribution < 1.29 is 24.9 Å². The second-order valence-electron chi connectivity index (χ2n) is 10.7. The maximum Gasteiger partial charge on any atom is 0.306 e. The van der Waals surface area contributed by atoms with Gasteiger partial charge in [0, 0.05) is 6.42 Å². The minimum atomic E-state index is -0.867. The molecule has 0 unspecified atom stereocenters. The fourth-order valence-electron chi connectivity index (χ4n) is 5.74. The predicted octanol–water partition coefficient (Wildman–Crippen LogP) is 4.36. The maximum atomic E-state index is 12.3. The summed E-state index contributed by atoms with van der Waals surface area (Å²) in [6.07, 6.45) is 12.0. The minimum Gasteiger partial charge on any atom is -0.458 e. The Morgan fingerprint density at radius 3 is 2.61 bits per heavy atom. The number of carbonyl (C=O) groups is 1. The highest BCUT2D eigenvalue weighted by Gasteiger charge is 2.46. The average Bonchev–Trinajstić information content (AvgIpc) is 3.01. The van der Waals surface area contributed by atoms with Gasteiger partial charge in [-0.25, -0.2) is 0 Å². The van der Waals surface area contributed by atoms with Gasteiger partial charge in [0.15, 0.2) is 0 Å². The van der Waals surface area contributed by atoms with Crippen LogP contribution in [0.1, 0.15) is 85.5 Å². The summed E-state index contributed by atoms with van der Waals surface area (Å²) < 4.78 is 5.75. The van der Waals surface area contributed by atoms with E-state index >= 15 is 0 Å². The molecule has 2 saturated carbocycles. The topological polar surface area (TPSA) is 87.0 Å². The monoisotopic (exact) mass is 432 g/mol. The van der Waals surface area contributed by atoms with Crippen LogP contribution in [0.2, 0.25) is 0 Å². The van der Waals surface area contributed by atoms with Crippen molar-refractivity contribution in [1.82, 2.24) is 0 Å². The van der Waals surface area contributed by atoms with Crippen LogP contribution in [0.4, 0.5) is 0 Å². The van der Waals surface area contributed by atoms with Crippen LogP contribution in [0.25, 0.3) is 0 Å². The van der Waals surface area contributed by atoms with E-state index in [4.69, 9.17) is 4.74 Å². The summed E-state index contributed by atoms with van der Waals surface area (Å²) in [6.45, 7) is 7.67. The van der Waals surface area contributed by atoms with Crippen molar-refractivity contribution in [2.75, 3.05) is 0 Å². The molecule has 0 aliphatic heterocycles. The summed E-state index contributed by atoms with van der Waals surface area (Å²) in [5, 5.41) is 29.7. The Bertz CT molecular complexity index is 744. The van der Waals surface area contributed by atoms with E-state index in [0.717, 1.165) is 31.3 Å². The van der Waals surface area contributed by atoms with Crippen LogP contribution < -0.4 is 0 Å². The first-order valence-electron chi connectivity index (χ1n) is 11.8. The summed E-state index contributed by atoms with van der Waals surface area (Å²) in [5.41, 5.74) is 2.88. The molecular weight excluding hydrogens is 392 g/mol. The zero-order chi connectivity index (χ0) is 22.8. The Morgan fingerprint density at radius 1 is 1.29 bits per heavy atom. The molecule has 0 spiro atoms. The lowest BCUT2D eigenvalue weighted by molar-refractivity contribution is -0.148. The molecular formula is C26H40O5. The van der Waals surface area contributed by atoms with Crippen LogP contribution in [0.3, 0.4) is 0 Å². The number of hydrogen-bond donors (Lipinski definition) is 3. The molecule has 0 aromatic heterocycles. The van der Waals surface area contributed by atoms with Crippen LogP contribution in [0.5, 0.6) is 0 Å². The highest BCUT2D eigenvalue weighted by molar-refractivity contribution is 5.70. The number of hydrogen-bond acceptors (Lipinski definition) is 5. The lowest BCUT2D eigenvalue weighted by Gasteiger charge is -2.42. The van der Waals surface area contributed by atoms with Crippen molar-refractivity contribution in [2.24, 2.45) is 11.3 Å². The van der Waals surface area contributed by atoms with Gasteiger partial charge in [-0.15, -0.1) is 0 Å². The van der Waals surface area contributed by atoms with Gasteiger partial charge in [-0.1, -0.05) is 36.3 Å². The van der Waals surface area contributed by atoms with E-state index in [1.807, 2.05) is 6.92 Å². The lowest BCUT2D eigenvalue weighted by Crippen LogP contribution is -2.35. The summed E-state index contributed by atoms with van der Waals surface area (Å²) in [5.74, 6) is 0.150. The van der Waals surface area contributed by atoms with Crippen molar-refractivity contribution in [1.29, 1.82) is 0 Å². The van der Waals surface area contributed by atoms with Crippen molar-refractivity contribution in [3.8, 4) is 0 Å². The van der Waals surface area contributed by atoms with Gasteiger partial charge in [0.1, 0.15) is 6.10 Å². The van der Waals surface area contributed by atoms with Crippen molar-refractivity contribution >= 4 is 5.97 Å². The highest BCUT2D eigenvalue weighted by atomic mass is 16.5. The molecule has 3 N–H and O–H groups in total. The first kappa shape index (κ1) is 24.2. The van der Waals surface area contributed by atoms with Crippen LogP contribution in [-0.4, -0.2) is 45.2 Å². The van der Waals surface area contributed by atoms with Crippen LogP contribution >= 0.6 is 0 Å². The van der Waals surface area contributed by atoms with Gasteiger partial charge in [-0.3, -0.25) is 4.79 Å². The van der Waals surface area contributed by atoms with Crippen molar-refractivity contribution in [2.45, 2.75) is 109 Å². The predicted molar refractivity (Wildman–Crippen MR) is 121 cm³/mol. The second kappa shape index (κ2) is 9.60. The number of esters is 1. The normalized spacial score (nSPS) is 35.1. The summed E-state index contributed by atoms with van der Waals surface area (Å²) in [4.78, 5) is 12.3. The van der Waals surface area contributed by atoms with Gasteiger partial charge in [0.2, 0.25) is 0 Å². The fourth-order valence-corrected chi connectivity index (χ4v) is 5.74. The van der Waals surface area contributed by atoms with E-state index in [-0.39, 0.29) is 23.9 Å². The third-order valence-corrected chi connectivity index (χ3v) is 7.37. The van der Waals surface area contributed by atoms with Gasteiger partial charge in [-0.2, -0.15) is 0 Å². The van der Waals surface area contributed by atoms with E-state index in [1.165, 1.54) is 11.1 Å². The third kappa shape index (κ3) is 6.09. The first-order valence-corrected chi connectivity index (χ1v) is 11.8. The van der Waals surface area contributed by atoms with Gasteiger partial charge < -0.3 is 20.1 Å². The van der Waals surface area contributed by atoms with Crippen LogP contribution in [-0.2, 0) is 9.53 Å². The number of aliphatic hydroxyl groups is 3. The molecule has 174 valence electrons. The number of carbonyl (C=O) groups excluding carboxylic acids is 1. The highest BCUT2D eigenvalue weighted by Crippen LogP contribution is 2.55. The Labute approximate surface area is 186 Å². The largest absolute Gasteiger partial charge is 0.458 e. The molecule has 31 heavy (non-hydrogen) atoms. The van der Waals surface area contributed by atoms with Crippen molar-refractivity contribution in [3.63, 3.8) is 0 Å². The number of ether oxygens (including phenoxy) is 1. The number of allylic oxidation sites excluding steroid dienone is 4. The fraction of sp³-hybridized carbons (Fsp3) is 0.731. The summed E-state index contributed by atoms with van der Waals surface area (Å²) in [6, 6.07) is 0. The van der Waals surface area contributed by atoms with E-state index in [0.29, 0.717) is 31.6 Å². The quantitative estimate of drug-likeness (QED) is 0.429. The zero-order valence-electron chi connectivity index (χ0n) is 19.6. The van der Waals surface area contributed by atoms with E-state index in [9.17, 15) is 20.1 Å². The SMILES string of the molecule is C[C@H](OC(=O)CCC(C)(C)O)C1=CC[C@H]2/C(=C/C=C3C[C@@H](O)C[C@@H](O)C3)CCC[C@]12C. The Kier molecular flexibility index (Phi) is 7.50. The van der Waals surface area contributed by atoms with Crippen LogP contribution in [0, 0.1) is 11.3 Å². The third-order valence-electron chi connectivity index (χ3n) is 7.37. The Morgan fingerprint density at radius 2 is 1.97 bits per heavy atom. The molecule has 0 radical (unpaired) electrons. The zero-order valence-corrected chi connectivity index (χ0v) is 19.6. The minimum absolute atomic E-state index is 0.00979. The maximum absolute atomic E-state index is 12.3. The first-order chi connectivity index (χ1) is 14.5. The molecule has 5 atom stereocenters. The lowest BCUT2D eigenvalue weighted by atomic mass is 9.63. The van der Waals surface area contributed by atoms with Gasteiger partial charge in [0.25, 0.3) is 0 Å². The molecule has 5 heteroatoms. The molecule has 5 nitrogen and oxygen atoms in total. The molecule has 2 fully saturated rings. The summed E-state index contributed by atoms with van der Waals surface area (Å²) in [7, 11) is 0. The Balaban J connectivity index is 1.66.